The lowest BCUT2D eigenvalue weighted by Gasteiger charge is -2.10. The third kappa shape index (κ3) is 2.12. The first kappa shape index (κ1) is 12.6. The van der Waals surface area contributed by atoms with Crippen LogP contribution in [0.5, 0.6) is 0 Å². The van der Waals surface area contributed by atoms with Crippen molar-refractivity contribution in [2.75, 3.05) is 0 Å². The summed E-state index contributed by atoms with van der Waals surface area (Å²) in [6, 6.07) is 15.5. The zero-order valence-electron chi connectivity index (χ0n) is 11.0. The Morgan fingerprint density at radius 3 is 2.55 bits per heavy atom. The van der Waals surface area contributed by atoms with E-state index in [0.29, 0.717) is 12.1 Å². The number of hydrogen-bond acceptors (Lipinski definition) is 2. The molecule has 0 unspecified atom stereocenters. The van der Waals surface area contributed by atoms with E-state index >= 15 is 0 Å². The Hall–Kier alpha value is -2.39. The number of fused-ring (bicyclic) bond motifs is 1. The Kier molecular flexibility index (Phi) is 3.35. The molecule has 0 atom stereocenters. The van der Waals surface area contributed by atoms with Gasteiger partial charge in [0.15, 0.2) is 6.29 Å². The molecule has 0 amide bonds. The van der Waals surface area contributed by atoms with Crippen LogP contribution in [-0.2, 0) is 13.2 Å². The first-order valence-corrected chi connectivity index (χ1v) is 6.54. The molecule has 0 fully saturated rings. The summed E-state index contributed by atoms with van der Waals surface area (Å²) >= 11 is 0. The van der Waals surface area contributed by atoms with Crippen LogP contribution in [0.3, 0.4) is 0 Å². The van der Waals surface area contributed by atoms with Gasteiger partial charge in [-0.1, -0.05) is 36.4 Å². The molecule has 1 heterocycles. The van der Waals surface area contributed by atoms with Crippen LogP contribution >= 0.6 is 0 Å². The first-order valence-electron chi connectivity index (χ1n) is 6.54. The van der Waals surface area contributed by atoms with Crippen molar-refractivity contribution >= 4 is 17.2 Å². The molecule has 0 aliphatic heterocycles. The highest BCUT2D eigenvalue weighted by Gasteiger charge is 2.07. The lowest BCUT2D eigenvalue weighted by Crippen LogP contribution is -2.01. The first-order chi connectivity index (χ1) is 9.83. The van der Waals surface area contributed by atoms with Crippen molar-refractivity contribution in [1.82, 2.24) is 4.57 Å². The van der Waals surface area contributed by atoms with Gasteiger partial charge in [0.05, 0.1) is 6.61 Å². The average Bonchev–Trinajstić information content (AvgIpc) is 2.91. The third-order valence-corrected chi connectivity index (χ3v) is 3.60. The minimum absolute atomic E-state index is 0.0367. The molecule has 0 bridgehead atoms. The molecule has 20 heavy (non-hydrogen) atoms. The van der Waals surface area contributed by atoms with Crippen molar-refractivity contribution in [3.63, 3.8) is 0 Å². The van der Waals surface area contributed by atoms with E-state index in [0.717, 1.165) is 28.3 Å². The van der Waals surface area contributed by atoms with E-state index in [1.165, 1.54) is 0 Å². The molecule has 0 saturated heterocycles. The molecule has 1 aromatic heterocycles. The smallest absolute Gasteiger partial charge is 0.150 e. The van der Waals surface area contributed by atoms with Crippen LogP contribution in [0.1, 0.15) is 21.5 Å². The molecule has 100 valence electrons. The van der Waals surface area contributed by atoms with E-state index in [1.54, 1.807) is 0 Å². The van der Waals surface area contributed by atoms with Gasteiger partial charge in [0.2, 0.25) is 0 Å². The van der Waals surface area contributed by atoms with Crippen LogP contribution in [0.4, 0.5) is 0 Å². The number of aliphatic hydroxyl groups excluding tert-OH is 1. The van der Waals surface area contributed by atoms with Gasteiger partial charge in [0, 0.05) is 29.2 Å². The molecule has 0 radical (unpaired) electrons. The second-order valence-corrected chi connectivity index (χ2v) is 4.77. The Labute approximate surface area is 117 Å². The van der Waals surface area contributed by atoms with E-state index in [4.69, 9.17) is 0 Å². The molecule has 3 rings (SSSR count). The molecule has 0 aliphatic carbocycles. The van der Waals surface area contributed by atoms with E-state index in [2.05, 4.69) is 4.57 Å². The number of carbonyl (C=O) groups excluding carboxylic acids is 1. The summed E-state index contributed by atoms with van der Waals surface area (Å²) < 4.78 is 2.09. The number of aliphatic hydroxyl groups is 1. The summed E-state index contributed by atoms with van der Waals surface area (Å²) in [5.74, 6) is 0. The molecular formula is C17H15NO2. The Balaban J connectivity index is 2.05. The molecule has 3 nitrogen and oxygen atoms in total. The second kappa shape index (κ2) is 5.31. The molecule has 3 heteroatoms. The molecule has 0 aliphatic rings. The van der Waals surface area contributed by atoms with Crippen molar-refractivity contribution in [2.45, 2.75) is 13.2 Å². The number of nitrogens with zero attached hydrogens (tertiary/aromatic N) is 1. The fourth-order valence-corrected chi connectivity index (χ4v) is 2.54. The normalized spacial score (nSPS) is 10.8. The number of aldehydes is 1. The fourth-order valence-electron chi connectivity index (χ4n) is 2.54. The maximum Gasteiger partial charge on any atom is 0.150 e. The Morgan fingerprint density at radius 1 is 1.00 bits per heavy atom. The molecule has 0 saturated carbocycles. The van der Waals surface area contributed by atoms with E-state index in [-0.39, 0.29) is 6.61 Å². The van der Waals surface area contributed by atoms with Crippen LogP contribution in [0.25, 0.3) is 10.9 Å². The molecular weight excluding hydrogens is 250 g/mol. The SMILES string of the molecule is O=Cc1cccc2c1ccn2Cc1ccccc1CO. The number of aromatic nitrogens is 1. The number of benzene rings is 2. The Bertz CT molecular complexity index is 759. The van der Waals surface area contributed by atoms with Gasteiger partial charge in [0.1, 0.15) is 0 Å². The van der Waals surface area contributed by atoms with Crippen molar-refractivity contribution in [3.05, 3.63) is 71.4 Å². The van der Waals surface area contributed by atoms with Gasteiger partial charge >= 0.3 is 0 Å². The second-order valence-electron chi connectivity index (χ2n) is 4.77. The van der Waals surface area contributed by atoms with Crippen molar-refractivity contribution in [1.29, 1.82) is 0 Å². The predicted octanol–water partition coefficient (Wildman–Crippen LogP) is 2.99. The zero-order chi connectivity index (χ0) is 13.9. The molecule has 3 aromatic rings. The average molecular weight is 265 g/mol. The molecule has 2 aromatic carbocycles. The van der Waals surface area contributed by atoms with Gasteiger partial charge in [0.25, 0.3) is 0 Å². The summed E-state index contributed by atoms with van der Waals surface area (Å²) in [7, 11) is 0. The van der Waals surface area contributed by atoms with Crippen LogP contribution in [0, 0.1) is 0 Å². The zero-order valence-corrected chi connectivity index (χ0v) is 11.0. The summed E-state index contributed by atoms with van der Waals surface area (Å²) in [5, 5.41) is 10.3. The standard InChI is InChI=1S/C17H15NO2/c19-11-14-5-2-1-4-13(14)10-18-9-8-16-15(12-20)6-3-7-17(16)18/h1-9,12,19H,10-11H2. The van der Waals surface area contributed by atoms with Crippen molar-refractivity contribution < 1.29 is 9.90 Å². The van der Waals surface area contributed by atoms with Gasteiger partial charge in [-0.25, -0.2) is 0 Å². The van der Waals surface area contributed by atoms with E-state index in [9.17, 15) is 9.90 Å². The highest BCUT2D eigenvalue weighted by molar-refractivity contribution is 5.97. The van der Waals surface area contributed by atoms with Gasteiger partial charge in [-0.15, -0.1) is 0 Å². The maximum atomic E-state index is 11.0. The van der Waals surface area contributed by atoms with Gasteiger partial charge in [-0.2, -0.15) is 0 Å². The molecule has 1 N–H and O–H groups in total. The van der Waals surface area contributed by atoms with Crippen LogP contribution in [0.2, 0.25) is 0 Å². The lowest BCUT2D eigenvalue weighted by atomic mass is 10.1. The topological polar surface area (TPSA) is 42.2 Å². The fraction of sp³-hybridized carbons (Fsp3) is 0.118. The van der Waals surface area contributed by atoms with Gasteiger partial charge < -0.3 is 9.67 Å². The van der Waals surface area contributed by atoms with E-state index < -0.39 is 0 Å². The lowest BCUT2D eigenvalue weighted by molar-refractivity contribution is 0.112. The third-order valence-electron chi connectivity index (χ3n) is 3.60. The summed E-state index contributed by atoms with van der Waals surface area (Å²) in [6.07, 6.45) is 2.86. The molecule has 0 spiro atoms. The predicted molar refractivity (Wildman–Crippen MR) is 78.8 cm³/mol. The van der Waals surface area contributed by atoms with Crippen LogP contribution < -0.4 is 0 Å². The largest absolute Gasteiger partial charge is 0.392 e. The number of carbonyl (C=O) groups is 1. The van der Waals surface area contributed by atoms with Gasteiger partial charge in [-0.3, -0.25) is 4.79 Å². The number of hydrogen-bond donors (Lipinski definition) is 1. The summed E-state index contributed by atoms with van der Waals surface area (Å²) in [4.78, 5) is 11.0. The minimum Gasteiger partial charge on any atom is -0.392 e. The quantitative estimate of drug-likeness (QED) is 0.737. The Morgan fingerprint density at radius 2 is 1.80 bits per heavy atom. The van der Waals surface area contributed by atoms with E-state index in [1.807, 2.05) is 54.7 Å². The van der Waals surface area contributed by atoms with Crippen molar-refractivity contribution in [3.8, 4) is 0 Å². The monoisotopic (exact) mass is 265 g/mol. The van der Waals surface area contributed by atoms with Crippen molar-refractivity contribution in [2.24, 2.45) is 0 Å². The minimum atomic E-state index is 0.0367. The van der Waals surface area contributed by atoms with Crippen LogP contribution in [-0.4, -0.2) is 16.0 Å². The van der Waals surface area contributed by atoms with Crippen LogP contribution in [0.15, 0.2) is 54.7 Å². The highest BCUT2D eigenvalue weighted by Crippen LogP contribution is 2.21. The number of rotatable bonds is 4. The summed E-state index contributed by atoms with van der Waals surface area (Å²) in [6.45, 7) is 0.720. The summed E-state index contributed by atoms with van der Waals surface area (Å²) in [5.41, 5.74) is 3.75. The van der Waals surface area contributed by atoms with Gasteiger partial charge in [-0.05, 0) is 23.3 Å². The maximum absolute atomic E-state index is 11.0. The highest BCUT2D eigenvalue weighted by atomic mass is 16.3.